The zero-order chi connectivity index (χ0) is 16.8. The van der Waals surface area contributed by atoms with Crippen molar-refractivity contribution in [1.82, 2.24) is 10.3 Å². The number of benzene rings is 1. The molecule has 2 heterocycles. The molecule has 1 amide bonds. The zero-order valence-corrected chi connectivity index (χ0v) is 14.5. The van der Waals surface area contributed by atoms with E-state index >= 15 is 0 Å². The molecule has 2 aromatic rings. The Kier molecular flexibility index (Phi) is 5.48. The molecule has 1 aromatic carbocycles. The van der Waals surface area contributed by atoms with Gasteiger partial charge in [0, 0.05) is 37.3 Å². The van der Waals surface area contributed by atoms with Crippen molar-refractivity contribution < 1.29 is 9.53 Å². The fourth-order valence-corrected chi connectivity index (χ4v) is 3.41. The first kappa shape index (κ1) is 16.5. The molecule has 1 aliphatic rings. The summed E-state index contributed by atoms with van der Waals surface area (Å²) in [6.07, 6.45) is 6.09. The first-order valence-electron chi connectivity index (χ1n) is 7.99. The number of nitrogens with one attached hydrogen (secondary N) is 1. The normalized spacial score (nSPS) is 17.4. The van der Waals surface area contributed by atoms with Crippen LogP contribution in [0.25, 0.3) is 6.08 Å². The third kappa shape index (κ3) is 4.14. The Morgan fingerprint density at radius 1 is 1.50 bits per heavy atom. The van der Waals surface area contributed by atoms with Gasteiger partial charge < -0.3 is 15.0 Å². The van der Waals surface area contributed by atoms with Crippen LogP contribution in [0.2, 0.25) is 0 Å². The van der Waals surface area contributed by atoms with Crippen LogP contribution in [0.15, 0.2) is 41.9 Å². The van der Waals surface area contributed by atoms with Gasteiger partial charge in [-0.3, -0.25) is 4.79 Å². The molecule has 1 fully saturated rings. The van der Waals surface area contributed by atoms with E-state index in [2.05, 4.69) is 21.3 Å². The molecule has 0 bridgehead atoms. The number of methoxy groups -OCH3 is 1. The van der Waals surface area contributed by atoms with Gasteiger partial charge in [0.1, 0.15) is 10.8 Å². The zero-order valence-electron chi connectivity index (χ0n) is 13.6. The SMILES string of the molecule is COc1ccccc1N1CCC(CNC(=O)C=Cc2nccs2)C1. The van der Waals surface area contributed by atoms with Crippen molar-refractivity contribution in [1.29, 1.82) is 0 Å². The standard InChI is InChI=1S/C18H21N3O2S/c1-23-16-5-3-2-4-15(16)21-10-8-14(13-21)12-20-17(22)6-7-18-19-9-11-24-18/h2-7,9,11,14H,8,10,12-13H2,1H3,(H,20,22). The summed E-state index contributed by atoms with van der Waals surface area (Å²) in [4.78, 5) is 18.3. The third-order valence-corrected chi connectivity index (χ3v) is 4.85. The van der Waals surface area contributed by atoms with E-state index in [4.69, 9.17) is 4.74 Å². The highest BCUT2D eigenvalue weighted by molar-refractivity contribution is 7.10. The van der Waals surface area contributed by atoms with Crippen LogP contribution in [0.4, 0.5) is 5.69 Å². The number of aromatic nitrogens is 1. The summed E-state index contributed by atoms with van der Waals surface area (Å²) in [5.41, 5.74) is 1.12. The number of nitrogens with zero attached hydrogens (tertiary/aromatic N) is 2. The van der Waals surface area contributed by atoms with Crippen molar-refractivity contribution >= 4 is 29.0 Å². The van der Waals surface area contributed by atoms with Crippen molar-refractivity contribution in [2.45, 2.75) is 6.42 Å². The van der Waals surface area contributed by atoms with Gasteiger partial charge in [-0.1, -0.05) is 12.1 Å². The minimum absolute atomic E-state index is 0.0686. The molecule has 1 saturated heterocycles. The first-order chi connectivity index (χ1) is 11.8. The Bertz CT molecular complexity index is 700. The summed E-state index contributed by atoms with van der Waals surface area (Å²) in [5.74, 6) is 1.28. The number of ether oxygens (including phenoxy) is 1. The molecule has 1 atom stereocenters. The van der Waals surface area contributed by atoms with E-state index in [0.717, 1.165) is 36.0 Å². The lowest BCUT2D eigenvalue weighted by Crippen LogP contribution is -2.29. The molecule has 5 nitrogen and oxygen atoms in total. The molecule has 0 aliphatic carbocycles. The van der Waals surface area contributed by atoms with E-state index in [1.165, 1.54) is 11.3 Å². The number of amides is 1. The van der Waals surface area contributed by atoms with Gasteiger partial charge in [-0.25, -0.2) is 4.98 Å². The lowest BCUT2D eigenvalue weighted by Gasteiger charge is -2.21. The molecule has 1 aliphatic heterocycles. The Hall–Kier alpha value is -2.34. The topological polar surface area (TPSA) is 54.5 Å². The van der Waals surface area contributed by atoms with Crippen molar-refractivity contribution in [3.63, 3.8) is 0 Å². The van der Waals surface area contributed by atoms with Crippen molar-refractivity contribution in [2.75, 3.05) is 31.6 Å². The van der Waals surface area contributed by atoms with Crippen LogP contribution in [0.5, 0.6) is 5.75 Å². The van der Waals surface area contributed by atoms with E-state index in [-0.39, 0.29) is 5.91 Å². The number of hydrogen-bond donors (Lipinski definition) is 1. The van der Waals surface area contributed by atoms with Gasteiger partial charge in [0.05, 0.1) is 12.8 Å². The van der Waals surface area contributed by atoms with Gasteiger partial charge in [-0.2, -0.15) is 0 Å². The number of hydrogen-bond acceptors (Lipinski definition) is 5. The lowest BCUT2D eigenvalue weighted by molar-refractivity contribution is -0.116. The van der Waals surface area contributed by atoms with E-state index < -0.39 is 0 Å². The summed E-state index contributed by atoms with van der Waals surface area (Å²) in [6.45, 7) is 2.60. The molecule has 1 unspecified atom stereocenters. The molecule has 6 heteroatoms. The second-order valence-electron chi connectivity index (χ2n) is 5.72. The molecule has 0 radical (unpaired) electrons. The minimum Gasteiger partial charge on any atom is -0.495 e. The molecule has 1 N–H and O–H groups in total. The number of carbonyl (C=O) groups is 1. The van der Waals surface area contributed by atoms with Gasteiger partial charge >= 0.3 is 0 Å². The molecule has 0 saturated carbocycles. The van der Waals surface area contributed by atoms with E-state index in [9.17, 15) is 4.79 Å². The molecular weight excluding hydrogens is 322 g/mol. The second-order valence-corrected chi connectivity index (χ2v) is 6.65. The largest absolute Gasteiger partial charge is 0.495 e. The fraction of sp³-hybridized carbons (Fsp3) is 0.333. The van der Waals surface area contributed by atoms with Crippen molar-refractivity contribution in [3.05, 3.63) is 46.9 Å². The minimum atomic E-state index is -0.0686. The highest BCUT2D eigenvalue weighted by Crippen LogP contribution is 2.31. The maximum atomic E-state index is 11.9. The van der Waals surface area contributed by atoms with Crippen LogP contribution in [0.1, 0.15) is 11.4 Å². The summed E-state index contributed by atoms with van der Waals surface area (Å²) < 4.78 is 5.43. The Morgan fingerprint density at radius 3 is 3.17 bits per heavy atom. The second kappa shape index (κ2) is 7.97. The highest BCUT2D eigenvalue weighted by Gasteiger charge is 2.24. The van der Waals surface area contributed by atoms with Gasteiger partial charge in [0.2, 0.25) is 5.91 Å². The monoisotopic (exact) mass is 343 g/mol. The Labute approximate surface area is 146 Å². The predicted molar refractivity (Wildman–Crippen MR) is 97.5 cm³/mol. The average molecular weight is 343 g/mol. The average Bonchev–Trinajstić information content (AvgIpc) is 3.29. The Morgan fingerprint density at radius 2 is 2.38 bits per heavy atom. The van der Waals surface area contributed by atoms with E-state index in [1.54, 1.807) is 25.5 Å². The molecule has 24 heavy (non-hydrogen) atoms. The summed E-state index contributed by atoms with van der Waals surface area (Å²) >= 11 is 1.51. The number of rotatable bonds is 6. The fourth-order valence-electron chi connectivity index (χ4n) is 2.88. The quantitative estimate of drug-likeness (QED) is 0.820. The molecular formula is C18H21N3O2S. The third-order valence-electron chi connectivity index (χ3n) is 4.11. The molecule has 1 aromatic heterocycles. The Balaban J connectivity index is 1.49. The van der Waals surface area contributed by atoms with Gasteiger partial charge in [0.15, 0.2) is 0 Å². The van der Waals surface area contributed by atoms with Crippen molar-refractivity contribution in [3.8, 4) is 5.75 Å². The van der Waals surface area contributed by atoms with Crippen LogP contribution < -0.4 is 15.0 Å². The molecule has 0 spiro atoms. The van der Waals surface area contributed by atoms with Crippen LogP contribution in [0, 0.1) is 5.92 Å². The van der Waals surface area contributed by atoms with Crippen LogP contribution in [-0.2, 0) is 4.79 Å². The van der Waals surface area contributed by atoms with Crippen LogP contribution in [0.3, 0.4) is 0 Å². The van der Waals surface area contributed by atoms with Crippen LogP contribution in [-0.4, -0.2) is 37.6 Å². The smallest absolute Gasteiger partial charge is 0.244 e. The molecule has 3 rings (SSSR count). The number of anilines is 1. The van der Waals surface area contributed by atoms with E-state index in [1.807, 2.05) is 23.6 Å². The van der Waals surface area contributed by atoms with Crippen LogP contribution >= 0.6 is 11.3 Å². The summed E-state index contributed by atoms with van der Waals surface area (Å²) in [6, 6.07) is 8.06. The summed E-state index contributed by atoms with van der Waals surface area (Å²) in [5, 5.41) is 5.71. The lowest BCUT2D eigenvalue weighted by atomic mass is 10.1. The number of para-hydroxylation sites is 2. The number of carbonyl (C=O) groups excluding carboxylic acids is 1. The van der Waals surface area contributed by atoms with E-state index in [0.29, 0.717) is 12.5 Å². The van der Waals surface area contributed by atoms with Gasteiger partial charge in [-0.15, -0.1) is 11.3 Å². The predicted octanol–water partition coefficient (Wildman–Crippen LogP) is 2.81. The molecule has 126 valence electrons. The number of thiazole rings is 1. The van der Waals surface area contributed by atoms with Crippen molar-refractivity contribution in [2.24, 2.45) is 5.92 Å². The summed E-state index contributed by atoms with van der Waals surface area (Å²) in [7, 11) is 1.70. The first-order valence-corrected chi connectivity index (χ1v) is 8.87. The maximum Gasteiger partial charge on any atom is 0.244 e. The maximum absolute atomic E-state index is 11.9. The van der Waals surface area contributed by atoms with Gasteiger partial charge in [0.25, 0.3) is 0 Å². The van der Waals surface area contributed by atoms with Gasteiger partial charge in [-0.05, 0) is 30.5 Å². The highest BCUT2D eigenvalue weighted by atomic mass is 32.1.